The van der Waals surface area contributed by atoms with Crippen LogP contribution in [-0.4, -0.2) is 18.6 Å². The molecule has 2 aromatic rings. The zero-order chi connectivity index (χ0) is 14.8. The van der Waals surface area contributed by atoms with Crippen molar-refractivity contribution in [2.45, 2.75) is 25.8 Å². The van der Waals surface area contributed by atoms with E-state index in [4.69, 9.17) is 4.74 Å². The van der Waals surface area contributed by atoms with Crippen molar-refractivity contribution in [2.24, 2.45) is 5.92 Å². The fourth-order valence-corrected chi connectivity index (χ4v) is 2.82. The summed E-state index contributed by atoms with van der Waals surface area (Å²) in [4.78, 5) is 11.8. The van der Waals surface area contributed by atoms with Crippen molar-refractivity contribution in [2.75, 3.05) is 6.61 Å². The Kier molecular flexibility index (Phi) is 4.15. The van der Waals surface area contributed by atoms with E-state index in [9.17, 15) is 4.79 Å². The number of carbonyl (C=O) groups excluding carboxylic acids is 1. The zero-order valence-corrected chi connectivity index (χ0v) is 13.5. The van der Waals surface area contributed by atoms with E-state index in [0.29, 0.717) is 5.92 Å². The molecule has 4 heteroatoms. The fraction of sp³-hybridized carbons (Fsp3) is 0.353. The maximum Gasteiger partial charge on any atom is 0.258 e. The van der Waals surface area contributed by atoms with Gasteiger partial charge in [-0.3, -0.25) is 4.79 Å². The van der Waals surface area contributed by atoms with Crippen LogP contribution in [0.15, 0.2) is 40.9 Å². The molecule has 0 spiro atoms. The van der Waals surface area contributed by atoms with Crippen LogP contribution in [-0.2, 0) is 4.79 Å². The molecule has 0 aromatic heterocycles. The predicted octanol–water partition coefficient (Wildman–Crippen LogP) is 3.90. The van der Waals surface area contributed by atoms with E-state index in [1.807, 2.05) is 30.3 Å². The second-order valence-electron chi connectivity index (χ2n) is 5.64. The van der Waals surface area contributed by atoms with Gasteiger partial charge in [-0.15, -0.1) is 0 Å². The van der Waals surface area contributed by atoms with Crippen LogP contribution in [0.25, 0.3) is 10.8 Å². The SMILES string of the molecule is CC(NC(=O)COc1ccc2cc(Br)ccc2c1)C1CC1. The largest absolute Gasteiger partial charge is 0.484 e. The lowest BCUT2D eigenvalue weighted by Crippen LogP contribution is -2.37. The second-order valence-corrected chi connectivity index (χ2v) is 6.55. The number of rotatable bonds is 5. The van der Waals surface area contributed by atoms with Crippen molar-refractivity contribution < 1.29 is 9.53 Å². The van der Waals surface area contributed by atoms with Crippen LogP contribution in [0.2, 0.25) is 0 Å². The van der Waals surface area contributed by atoms with E-state index in [1.165, 1.54) is 12.8 Å². The first kappa shape index (κ1) is 14.4. The third-order valence-electron chi connectivity index (χ3n) is 3.86. The Balaban J connectivity index is 1.59. The molecule has 1 amide bonds. The number of halogens is 1. The summed E-state index contributed by atoms with van der Waals surface area (Å²) in [6.07, 6.45) is 2.45. The molecule has 1 aliphatic carbocycles. The van der Waals surface area contributed by atoms with Gasteiger partial charge in [0.2, 0.25) is 0 Å². The Morgan fingerprint density at radius 1 is 1.29 bits per heavy atom. The highest BCUT2D eigenvalue weighted by Gasteiger charge is 2.28. The van der Waals surface area contributed by atoms with Crippen molar-refractivity contribution in [3.8, 4) is 5.75 Å². The average Bonchev–Trinajstić information content (AvgIpc) is 3.29. The van der Waals surface area contributed by atoms with Crippen LogP contribution < -0.4 is 10.1 Å². The summed E-state index contributed by atoms with van der Waals surface area (Å²) in [6.45, 7) is 2.13. The Labute approximate surface area is 132 Å². The van der Waals surface area contributed by atoms with Crippen LogP contribution in [0.1, 0.15) is 19.8 Å². The summed E-state index contributed by atoms with van der Waals surface area (Å²) in [5, 5.41) is 5.23. The van der Waals surface area contributed by atoms with Gasteiger partial charge >= 0.3 is 0 Å². The molecule has 21 heavy (non-hydrogen) atoms. The molecule has 1 fully saturated rings. The number of nitrogens with one attached hydrogen (secondary N) is 1. The third-order valence-corrected chi connectivity index (χ3v) is 4.35. The van der Waals surface area contributed by atoms with E-state index in [-0.39, 0.29) is 18.6 Å². The number of ether oxygens (including phenoxy) is 1. The molecular formula is C17H18BrNO2. The third kappa shape index (κ3) is 3.76. The molecule has 3 nitrogen and oxygen atoms in total. The summed E-state index contributed by atoms with van der Waals surface area (Å²) < 4.78 is 6.64. The topological polar surface area (TPSA) is 38.3 Å². The lowest BCUT2D eigenvalue weighted by atomic mass is 10.1. The highest BCUT2D eigenvalue weighted by atomic mass is 79.9. The molecule has 2 aromatic carbocycles. The van der Waals surface area contributed by atoms with Gasteiger partial charge in [0.05, 0.1) is 0 Å². The molecule has 0 saturated heterocycles. The summed E-state index contributed by atoms with van der Waals surface area (Å²) in [5.74, 6) is 1.33. The van der Waals surface area contributed by atoms with E-state index in [1.54, 1.807) is 0 Å². The molecule has 3 rings (SSSR count). The maximum atomic E-state index is 11.8. The number of fused-ring (bicyclic) bond motifs is 1. The zero-order valence-electron chi connectivity index (χ0n) is 11.9. The first-order valence-electron chi connectivity index (χ1n) is 7.23. The standard InChI is InChI=1S/C17H18BrNO2/c1-11(12-2-3-12)19-17(20)10-21-16-7-5-13-8-15(18)6-4-14(13)9-16/h4-9,11-12H,2-3,10H2,1H3,(H,19,20). The van der Waals surface area contributed by atoms with Gasteiger partial charge in [-0.25, -0.2) is 0 Å². The number of hydrogen-bond donors (Lipinski definition) is 1. The molecule has 1 atom stereocenters. The number of carbonyl (C=O) groups is 1. The first-order chi connectivity index (χ1) is 10.1. The van der Waals surface area contributed by atoms with Gasteiger partial charge in [0.25, 0.3) is 5.91 Å². The van der Waals surface area contributed by atoms with E-state index in [2.05, 4.69) is 34.2 Å². The van der Waals surface area contributed by atoms with Gasteiger partial charge < -0.3 is 10.1 Å². The van der Waals surface area contributed by atoms with Crippen LogP contribution in [0.4, 0.5) is 0 Å². The van der Waals surface area contributed by atoms with Crippen molar-refractivity contribution in [1.29, 1.82) is 0 Å². The van der Waals surface area contributed by atoms with Crippen molar-refractivity contribution in [3.05, 3.63) is 40.9 Å². The predicted molar refractivity (Wildman–Crippen MR) is 87.5 cm³/mol. The summed E-state index contributed by atoms with van der Waals surface area (Å²) in [6, 6.07) is 12.2. The lowest BCUT2D eigenvalue weighted by molar-refractivity contribution is -0.123. The highest BCUT2D eigenvalue weighted by Crippen LogP contribution is 2.32. The first-order valence-corrected chi connectivity index (χ1v) is 8.02. The molecule has 0 aliphatic heterocycles. The van der Waals surface area contributed by atoms with E-state index < -0.39 is 0 Å². The van der Waals surface area contributed by atoms with Crippen LogP contribution in [0.3, 0.4) is 0 Å². The number of hydrogen-bond acceptors (Lipinski definition) is 2. The summed E-state index contributed by atoms with van der Waals surface area (Å²) in [7, 11) is 0. The molecule has 0 radical (unpaired) electrons. The molecule has 1 aliphatic rings. The van der Waals surface area contributed by atoms with Crippen LogP contribution >= 0.6 is 15.9 Å². The van der Waals surface area contributed by atoms with Crippen molar-refractivity contribution >= 4 is 32.6 Å². The molecule has 110 valence electrons. The number of amides is 1. The highest BCUT2D eigenvalue weighted by molar-refractivity contribution is 9.10. The normalized spacial score (nSPS) is 15.7. The molecule has 0 bridgehead atoms. The minimum Gasteiger partial charge on any atom is -0.484 e. The minimum absolute atomic E-state index is 0.0506. The fourth-order valence-electron chi connectivity index (χ4n) is 2.44. The quantitative estimate of drug-likeness (QED) is 0.890. The average molecular weight is 348 g/mol. The molecular weight excluding hydrogens is 330 g/mol. The smallest absolute Gasteiger partial charge is 0.258 e. The van der Waals surface area contributed by atoms with Gasteiger partial charge in [0, 0.05) is 10.5 Å². The molecule has 1 saturated carbocycles. The Hall–Kier alpha value is -1.55. The molecule has 0 heterocycles. The monoisotopic (exact) mass is 347 g/mol. The molecule has 1 N–H and O–H groups in total. The lowest BCUT2D eigenvalue weighted by Gasteiger charge is -2.13. The van der Waals surface area contributed by atoms with Crippen molar-refractivity contribution in [3.63, 3.8) is 0 Å². The van der Waals surface area contributed by atoms with Crippen LogP contribution in [0.5, 0.6) is 5.75 Å². The summed E-state index contributed by atoms with van der Waals surface area (Å²) in [5.41, 5.74) is 0. The Bertz CT molecular complexity index is 667. The van der Waals surface area contributed by atoms with Gasteiger partial charge in [-0.05, 0) is 60.7 Å². The summed E-state index contributed by atoms with van der Waals surface area (Å²) >= 11 is 3.46. The minimum atomic E-state index is -0.0506. The maximum absolute atomic E-state index is 11.8. The van der Waals surface area contributed by atoms with Crippen LogP contribution in [0, 0.1) is 5.92 Å². The Morgan fingerprint density at radius 2 is 2.00 bits per heavy atom. The second kappa shape index (κ2) is 6.06. The molecule has 1 unspecified atom stereocenters. The number of benzene rings is 2. The van der Waals surface area contributed by atoms with Crippen molar-refractivity contribution in [1.82, 2.24) is 5.32 Å². The van der Waals surface area contributed by atoms with E-state index in [0.717, 1.165) is 21.0 Å². The van der Waals surface area contributed by atoms with Gasteiger partial charge in [0.15, 0.2) is 6.61 Å². The van der Waals surface area contributed by atoms with Gasteiger partial charge in [-0.2, -0.15) is 0 Å². The van der Waals surface area contributed by atoms with E-state index >= 15 is 0 Å². The van der Waals surface area contributed by atoms with Gasteiger partial charge in [-0.1, -0.05) is 28.1 Å². The Morgan fingerprint density at radius 3 is 2.76 bits per heavy atom. The van der Waals surface area contributed by atoms with Gasteiger partial charge in [0.1, 0.15) is 5.75 Å².